The van der Waals surface area contributed by atoms with Gasteiger partial charge in [-0.15, -0.1) is 0 Å². The SMILES string of the molecule is Cc1cc(NC(=O)NCCc2cn[nH]c2)nc(C)n1. The molecule has 2 rings (SSSR count). The fraction of sp³-hybridized carbons (Fsp3) is 0.333. The number of rotatable bonds is 4. The van der Waals surface area contributed by atoms with Gasteiger partial charge in [0.1, 0.15) is 11.6 Å². The van der Waals surface area contributed by atoms with E-state index in [4.69, 9.17) is 0 Å². The molecule has 7 nitrogen and oxygen atoms in total. The van der Waals surface area contributed by atoms with Crippen LogP contribution in [0.1, 0.15) is 17.1 Å². The van der Waals surface area contributed by atoms with Crippen molar-refractivity contribution in [2.75, 3.05) is 11.9 Å². The normalized spacial score (nSPS) is 10.2. The lowest BCUT2D eigenvalue weighted by molar-refractivity contribution is 0.252. The van der Waals surface area contributed by atoms with Crippen molar-refractivity contribution < 1.29 is 4.79 Å². The minimum absolute atomic E-state index is 0.277. The second-order valence-corrected chi connectivity index (χ2v) is 4.18. The number of aromatic amines is 1. The van der Waals surface area contributed by atoms with Crippen LogP contribution in [0.4, 0.5) is 10.6 Å². The highest BCUT2D eigenvalue weighted by molar-refractivity contribution is 5.88. The van der Waals surface area contributed by atoms with Crippen molar-refractivity contribution in [1.82, 2.24) is 25.5 Å². The standard InChI is InChI=1S/C12H16N6O/c1-8-5-11(17-9(2)16-8)18-12(19)13-4-3-10-6-14-15-7-10/h5-7H,3-4H2,1-2H3,(H,14,15)(H2,13,16,17,18,19). The van der Waals surface area contributed by atoms with Gasteiger partial charge < -0.3 is 5.32 Å². The first kappa shape index (κ1) is 13.0. The molecule has 0 saturated carbocycles. The highest BCUT2D eigenvalue weighted by atomic mass is 16.2. The Bertz CT molecular complexity index is 531. The molecule has 0 aliphatic heterocycles. The number of urea groups is 1. The summed E-state index contributed by atoms with van der Waals surface area (Å²) < 4.78 is 0. The molecule has 2 amide bonds. The lowest BCUT2D eigenvalue weighted by Gasteiger charge is -2.07. The maximum absolute atomic E-state index is 11.7. The highest BCUT2D eigenvalue weighted by Crippen LogP contribution is 2.05. The Hall–Kier alpha value is -2.44. The first-order valence-corrected chi connectivity index (χ1v) is 5.98. The molecule has 0 saturated heterocycles. The second-order valence-electron chi connectivity index (χ2n) is 4.18. The summed E-state index contributed by atoms with van der Waals surface area (Å²) in [5.74, 6) is 1.14. The van der Waals surface area contributed by atoms with Gasteiger partial charge in [0.15, 0.2) is 0 Å². The van der Waals surface area contributed by atoms with E-state index in [1.807, 2.05) is 6.92 Å². The number of amides is 2. The molecule has 0 aliphatic carbocycles. The quantitative estimate of drug-likeness (QED) is 0.769. The van der Waals surface area contributed by atoms with Crippen molar-refractivity contribution in [2.24, 2.45) is 0 Å². The molecule has 2 aromatic heterocycles. The number of hydrogen-bond acceptors (Lipinski definition) is 4. The summed E-state index contributed by atoms with van der Waals surface area (Å²) in [5, 5.41) is 12.0. The molecular weight excluding hydrogens is 244 g/mol. The molecule has 2 heterocycles. The van der Waals surface area contributed by atoms with E-state index in [1.165, 1.54) is 0 Å². The van der Waals surface area contributed by atoms with Crippen molar-refractivity contribution in [1.29, 1.82) is 0 Å². The lowest BCUT2D eigenvalue weighted by atomic mass is 10.2. The molecule has 3 N–H and O–H groups in total. The molecule has 7 heteroatoms. The van der Waals surface area contributed by atoms with Gasteiger partial charge in [0, 0.05) is 24.5 Å². The molecule has 19 heavy (non-hydrogen) atoms. The van der Waals surface area contributed by atoms with E-state index in [2.05, 4.69) is 30.8 Å². The van der Waals surface area contributed by atoms with Crippen LogP contribution in [-0.2, 0) is 6.42 Å². The van der Waals surface area contributed by atoms with E-state index in [9.17, 15) is 4.79 Å². The van der Waals surface area contributed by atoms with Gasteiger partial charge in [0.2, 0.25) is 0 Å². The molecule has 0 atom stereocenters. The molecule has 0 unspecified atom stereocenters. The number of carbonyl (C=O) groups is 1. The van der Waals surface area contributed by atoms with Crippen LogP contribution in [0.3, 0.4) is 0 Å². The van der Waals surface area contributed by atoms with E-state index in [-0.39, 0.29) is 6.03 Å². The van der Waals surface area contributed by atoms with Crippen LogP contribution in [-0.4, -0.2) is 32.7 Å². The number of aryl methyl sites for hydroxylation is 2. The Balaban J connectivity index is 1.80. The van der Waals surface area contributed by atoms with Crippen molar-refractivity contribution in [2.45, 2.75) is 20.3 Å². The van der Waals surface area contributed by atoms with Crippen LogP contribution >= 0.6 is 0 Å². The molecule has 0 aromatic carbocycles. The van der Waals surface area contributed by atoms with Crippen molar-refractivity contribution in [3.05, 3.63) is 35.5 Å². The maximum Gasteiger partial charge on any atom is 0.320 e. The second kappa shape index (κ2) is 5.94. The minimum atomic E-state index is -0.277. The number of aromatic nitrogens is 4. The fourth-order valence-electron chi connectivity index (χ4n) is 1.68. The number of H-pyrrole nitrogens is 1. The Morgan fingerprint density at radius 1 is 1.37 bits per heavy atom. The smallest absolute Gasteiger partial charge is 0.320 e. The average molecular weight is 260 g/mol. The predicted octanol–water partition coefficient (Wildman–Crippen LogP) is 1.18. The van der Waals surface area contributed by atoms with Gasteiger partial charge in [-0.25, -0.2) is 14.8 Å². The van der Waals surface area contributed by atoms with Crippen LogP contribution in [0.15, 0.2) is 18.5 Å². The van der Waals surface area contributed by atoms with Gasteiger partial charge in [0.25, 0.3) is 0 Å². The summed E-state index contributed by atoms with van der Waals surface area (Å²) in [4.78, 5) is 19.9. The fourth-order valence-corrected chi connectivity index (χ4v) is 1.68. The van der Waals surface area contributed by atoms with Gasteiger partial charge >= 0.3 is 6.03 Å². The number of hydrogen-bond donors (Lipinski definition) is 3. The van der Waals surface area contributed by atoms with Crippen molar-refractivity contribution in [3.8, 4) is 0 Å². The Morgan fingerprint density at radius 3 is 2.89 bits per heavy atom. The maximum atomic E-state index is 11.7. The monoisotopic (exact) mass is 260 g/mol. The van der Waals surface area contributed by atoms with Gasteiger partial charge in [-0.05, 0) is 25.8 Å². The third-order valence-electron chi connectivity index (χ3n) is 2.46. The van der Waals surface area contributed by atoms with E-state index < -0.39 is 0 Å². The van der Waals surface area contributed by atoms with Gasteiger partial charge in [-0.2, -0.15) is 5.10 Å². The number of anilines is 1. The molecule has 0 aliphatic rings. The van der Waals surface area contributed by atoms with E-state index in [1.54, 1.807) is 25.4 Å². The Kier molecular flexibility index (Phi) is 4.07. The molecular formula is C12H16N6O. The van der Waals surface area contributed by atoms with Gasteiger partial charge in [0.05, 0.1) is 6.20 Å². The molecule has 2 aromatic rings. The van der Waals surface area contributed by atoms with Gasteiger partial charge in [-0.1, -0.05) is 0 Å². The number of nitrogens with one attached hydrogen (secondary N) is 3. The van der Waals surface area contributed by atoms with Crippen LogP contribution in [0, 0.1) is 13.8 Å². The molecule has 0 bridgehead atoms. The van der Waals surface area contributed by atoms with Crippen LogP contribution < -0.4 is 10.6 Å². The average Bonchev–Trinajstić information content (AvgIpc) is 2.80. The van der Waals surface area contributed by atoms with E-state index >= 15 is 0 Å². The number of carbonyl (C=O) groups excluding carboxylic acids is 1. The van der Waals surface area contributed by atoms with Crippen molar-refractivity contribution in [3.63, 3.8) is 0 Å². The van der Waals surface area contributed by atoms with E-state index in [0.717, 1.165) is 17.7 Å². The minimum Gasteiger partial charge on any atom is -0.337 e. The molecule has 0 fully saturated rings. The topological polar surface area (TPSA) is 95.6 Å². The van der Waals surface area contributed by atoms with Crippen molar-refractivity contribution >= 4 is 11.8 Å². The van der Waals surface area contributed by atoms with Gasteiger partial charge in [-0.3, -0.25) is 10.4 Å². The highest BCUT2D eigenvalue weighted by Gasteiger charge is 2.04. The summed E-state index contributed by atoms with van der Waals surface area (Å²) in [5.41, 5.74) is 1.87. The number of nitrogens with zero attached hydrogens (tertiary/aromatic N) is 3. The van der Waals surface area contributed by atoms with Crippen LogP contribution in [0.2, 0.25) is 0 Å². The van der Waals surface area contributed by atoms with E-state index in [0.29, 0.717) is 18.2 Å². The lowest BCUT2D eigenvalue weighted by Crippen LogP contribution is -2.30. The Morgan fingerprint density at radius 2 is 2.21 bits per heavy atom. The summed E-state index contributed by atoms with van der Waals surface area (Å²) in [7, 11) is 0. The summed E-state index contributed by atoms with van der Waals surface area (Å²) in [6.45, 7) is 4.18. The zero-order valence-electron chi connectivity index (χ0n) is 10.9. The first-order valence-electron chi connectivity index (χ1n) is 5.98. The first-order chi connectivity index (χ1) is 9.13. The third-order valence-corrected chi connectivity index (χ3v) is 2.46. The zero-order valence-corrected chi connectivity index (χ0v) is 10.9. The summed E-state index contributed by atoms with van der Waals surface area (Å²) in [6.07, 6.45) is 4.26. The molecule has 0 radical (unpaired) electrons. The van der Waals surface area contributed by atoms with Crippen LogP contribution in [0.5, 0.6) is 0 Å². The van der Waals surface area contributed by atoms with Crippen LogP contribution in [0.25, 0.3) is 0 Å². The zero-order chi connectivity index (χ0) is 13.7. The predicted molar refractivity (Wildman–Crippen MR) is 70.8 cm³/mol. The largest absolute Gasteiger partial charge is 0.337 e. The summed E-state index contributed by atoms with van der Waals surface area (Å²) >= 11 is 0. The third kappa shape index (κ3) is 4.06. The molecule has 100 valence electrons. The summed E-state index contributed by atoms with van der Waals surface area (Å²) in [6, 6.07) is 1.45. The molecule has 0 spiro atoms. The Labute approximate surface area is 110 Å².